The van der Waals surface area contributed by atoms with Crippen molar-refractivity contribution in [2.45, 2.75) is 18.9 Å². The molecule has 1 aromatic heterocycles. The van der Waals surface area contributed by atoms with Gasteiger partial charge >= 0.3 is 5.69 Å². The number of nitrogens with two attached hydrogens (primary N) is 1. The number of nitrogen functional groups attached to an aromatic ring is 1. The van der Waals surface area contributed by atoms with Crippen LogP contribution >= 0.6 is 0 Å². The number of nitro groups is 1. The Balaban J connectivity index is 2.30. The summed E-state index contributed by atoms with van der Waals surface area (Å²) in [5, 5.41) is 20.2. The average molecular weight is 239 g/mol. The molecule has 17 heavy (non-hydrogen) atoms. The van der Waals surface area contributed by atoms with Gasteiger partial charge in [-0.2, -0.15) is 4.98 Å². The normalized spacial score (nSPS) is 17.1. The van der Waals surface area contributed by atoms with Crippen LogP contribution < -0.4 is 10.6 Å². The van der Waals surface area contributed by atoms with Crippen LogP contribution in [0.3, 0.4) is 0 Å². The van der Waals surface area contributed by atoms with Gasteiger partial charge < -0.3 is 15.7 Å². The molecule has 2 rings (SSSR count). The minimum absolute atomic E-state index is 0.0109. The maximum Gasteiger partial charge on any atom is 0.329 e. The van der Waals surface area contributed by atoms with Gasteiger partial charge in [0, 0.05) is 13.1 Å². The van der Waals surface area contributed by atoms with E-state index in [1.807, 2.05) is 0 Å². The zero-order valence-corrected chi connectivity index (χ0v) is 9.11. The molecule has 0 atom stereocenters. The summed E-state index contributed by atoms with van der Waals surface area (Å²) in [7, 11) is 0. The van der Waals surface area contributed by atoms with Gasteiger partial charge in [-0.3, -0.25) is 10.1 Å². The highest BCUT2D eigenvalue weighted by molar-refractivity contribution is 5.58. The monoisotopic (exact) mass is 239 g/mol. The number of anilines is 2. The molecule has 0 aromatic carbocycles. The van der Waals surface area contributed by atoms with E-state index in [2.05, 4.69) is 9.97 Å². The molecule has 1 aliphatic rings. The number of hydrogen-bond donors (Lipinski definition) is 2. The van der Waals surface area contributed by atoms with Crippen molar-refractivity contribution in [1.29, 1.82) is 0 Å². The zero-order chi connectivity index (χ0) is 12.4. The summed E-state index contributed by atoms with van der Waals surface area (Å²) in [5.74, 6) is 0.242. The molecule has 1 saturated heterocycles. The lowest BCUT2D eigenvalue weighted by Crippen LogP contribution is -2.36. The first kappa shape index (κ1) is 11.5. The van der Waals surface area contributed by atoms with E-state index in [1.165, 1.54) is 0 Å². The quantitative estimate of drug-likeness (QED) is 0.547. The number of nitrogens with zero attached hydrogens (tertiary/aromatic N) is 4. The van der Waals surface area contributed by atoms with Gasteiger partial charge in [-0.15, -0.1) is 0 Å². The molecule has 0 amide bonds. The SMILES string of the molecule is Nc1ncc([N+](=O)[O-])c(N2CCC(O)CC2)n1. The summed E-state index contributed by atoms with van der Waals surface area (Å²) in [6.07, 6.45) is 1.91. The lowest BCUT2D eigenvalue weighted by molar-refractivity contribution is -0.384. The Bertz CT molecular complexity index is 431. The molecule has 1 fully saturated rings. The fourth-order valence-electron chi connectivity index (χ4n) is 1.82. The Morgan fingerprint density at radius 1 is 1.53 bits per heavy atom. The highest BCUT2D eigenvalue weighted by Crippen LogP contribution is 2.27. The van der Waals surface area contributed by atoms with Gasteiger partial charge in [0.05, 0.1) is 11.0 Å². The molecular formula is C9H13N5O3. The van der Waals surface area contributed by atoms with Crippen molar-refractivity contribution < 1.29 is 10.0 Å². The molecule has 0 bridgehead atoms. The second-order valence-electron chi connectivity index (χ2n) is 3.91. The Kier molecular flexibility index (Phi) is 3.05. The van der Waals surface area contributed by atoms with Crippen molar-refractivity contribution in [1.82, 2.24) is 9.97 Å². The largest absolute Gasteiger partial charge is 0.393 e. The average Bonchev–Trinajstić information content (AvgIpc) is 2.29. The topological polar surface area (TPSA) is 118 Å². The predicted molar refractivity (Wildman–Crippen MR) is 60.6 cm³/mol. The van der Waals surface area contributed by atoms with Crippen LogP contribution in [-0.2, 0) is 0 Å². The minimum atomic E-state index is -0.528. The predicted octanol–water partition coefficient (Wildman–Crippen LogP) is -0.0719. The molecule has 8 heteroatoms. The summed E-state index contributed by atoms with van der Waals surface area (Å²) < 4.78 is 0. The van der Waals surface area contributed by atoms with Crippen LogP contribution in [0, 0.1) is 10.1 Å². The first-order valence-electron chi connectivity index (χ1n) is 5.28. The number of piperidine rings is 1. The lowest BCUT2D eigenvalue weighted by Gasteiger charge is -2.29. The Hall–Kier alpha value is -1.96. The van der Waals surface area contributed by atoms with Crippen molar-refractivity contribution in [3.05, 3.63) is 16.3 Å². The fraction of sp³-hybridized carbons (Fsp3) is 0.556. The Morgan fingerprint density at radius 2 is 2.18 bits per heavy atom. The zero-order valence-electron chi connectivity index (χ0n) is 9.11. The Morgan fingerprint density at radius 3 is 2.76 bits per heavy atom. The van der Waals surface area contributed by atoms with E-state index in [-0.39, 0.29) is 23.6 Å². The molecule has 0 aliphatic carbocycles. The third-order valence-corrected chi connectivity index (χ3v) is 2.73. The molecular weight excluding hydrogens is 226 g/mol. The second-order valence-corrected chi connectivity index (χ2v) is 3.91. The van der Waals surface area contributed by atoms with E-state index in [4.69, 9.17) is 5.73 Å². The third kappa shape index (κ3) is 2.41. The van der Waals surface area contributed by atoms with Crippen molar-refractivity contribution in [2.75, 3.05) is 23.7 Å². The summed E-state index contributed by atoms with van der Waals surface area (Å²) >= 11 is 0. The number of aliphatic hydroxyl groups is 1. The third-order valence-electron chi connectivity index (χ3n) is 2.73. The van der Waals surface area contributed by atoms with Crippen LogP contribution in [0.25, 0.3) is 0 Å². The highest BCUT2D eigenvalue weighted by atomic mass is 16.6. The smallest absolute Gasteiger partial charge is 0.329 e. The summed E-state index contributed by atoms with van der Waals surface area (Å²) in [5.41, 5.74) is 5.28. The molecule has 3 N–H and O–H groups in total. The Labute approximate surface area is 97.2 Å². The highest BCUT2D eigenvalue weighted by Gasteiger charge is 2.25. The van der Waals surface area contributed by atoms with Crippen LogP contribution in [-0.4, -0.2) is 39.2 Å². The van der Waals surface area contributed by atoms with Crippen molar-refractivity contribution >= 4 is 17.5 Å². The standard InChI is InChI=1S/C9H13N5O3/c10-9-11-5-7(14(16)17)8(12-9)13-3-1-6(15)2-4-13/h5-6,15H,1-4H2,(H2,10,11,12). The van der Waals surface area contributed by atoms with E-state index in [0.717, 1.165) is 6.20 Å². The number of rotatable bonds is 2. The van der Waals surface area contributed by atoms with Crippen molar-refractivity contribution in [2.24, 2.45) is 0 Å². The van der Waals surface area contributed by atoms with E-state index in [1.54, 1.807) is 4.90 Å². The molecule has 0 unspecified atom stereocenters. The number of hydrogen-bond acceptors (Lipinski definition) is 7. The van der Waals surface area contributed by atoms with Crippen molar-refractivity contribution in [3.63, 3.8) is 0 Å². The summed E-state index contributed by atoms with van der Waals surface area (Å²) in [6.45, 7) is 1.05. The van der Waals surface area contributed by atoms with E-state index in [9.17, 15) is 15.2 Å². The molecule has 1 aromatic rings. The molecule has 0 spiro atoms. The molecule has 0 saturated carbocycles. The minimum Gasteiger partial charge on any atom is -0.393 e. The van der Waals surface area contributed by atoms with Gasteiger partial charge in [0.1, 0.15) is 6.20 Å². The summed E-state index contributed by atoms with van der Waals surface area (Å²) in [4.78, 5) is 19.6. The fourth-order valence-corrected chi connectivity index (χ4v) is 1.82. The summed E-state index contributed by atoms with van der Waals surface area (Å²) in [6, 6.07) is 0. The van der Waals surface area contributed by atoms with Gasteiger partial charge in [-0.1, -0.05) is 0 Å². The maximum absolute atomic E-state index is 10.8. The first-order valence-corrected chi connectivity index (χ1v) is 5.28. The van der Waals surface area contributed by atoms with Gasteiger partial charge in [0.15, 0.2) is 0 Å². The number of aromatic nitrogens is 2. The van der Waals surface area contributed by atoms with Crippen LogP contribution in [0.15, 0.2) is 6.20 Å². The molecule has 0 radical (unpaired) electrons. The van der Waals surface area contributed by atoms with Crippen LogP contribution in [0.4, 0.5) is 17.5 Å². The molecule has 1 aliphatic heterocycles. The first-order chi connectivity index (χ1) is 8.08. The van der Waals surface area contributed by atoms with Gasteiger partial charge in [-0.25, -0.2) is 4.98 Å². The van der Waals surface area contributed by atoms with E-state index in [0.29, 0.717) is 25.9 Å². The second kappa shape index (κ2) is 4.50. The van der Waals surface area contributed by atoms with Gasteiger partial charge in [-0.05, 0) is 12.8 Å². The molecule has 92 valence electrons. The van der Waals surface area contributed by atoms with Gasteiger partial charge in [0.25, 0.3) is 0 Å². The van der Waals surface area contributed by atoms with E-state index >= 15 is 0 Å². The molecule has 2 heterocycles. The van der Waals surface area contributed by atoms with Crippen molar-refractivity contribution in [3.8, 4) is 0 Å². The van der Waals surface area contributed by atoms with Crippen LogP contribution in [0.1, 0.15) is 12.8 Å². The van der Waals surface area contributed by atoms with Crippen LogP contribution in [0.5, 0.6) is 0 Å². The number of aliphatic hydroxyl groups excluding tert-OH is 1. The van der Waals surface area contributed by atoms with Crippen LogP contribution in [0.2, 0.25) is 0 Å². The van der Waals surface area contributed by atoms with E-state index < -0.39 is 4.92 Å². The maximum atomic E-state index is 10.8. The lowest BCUT2D eigenvalue weighted by atomic mass is 10.1. The molecule has 8 nitrogen and oxygen atoms in total. The van der Waals surface area contributed by atoms with Gasteiger partial charge in [0.2, 0.25) is 11.8 Å².